The van der Waals surface area contributed by atoms with Gasteiger partial charge in [-0.25, -0.2) is 4.98 Å². The molecule has 2 aromatic rings. The molecule has 0 saturated carbocycles. The number of hydrogen-bond acceptors (Lipinski definition) is 4. The fourth-order valence-corrected chi connectivity index (χ4v) is 2.93. The normalized spacial score (nSPS) is 12.1. The number of thiazole rings is 1. The highest BCUT2D eigenvalue weighted by Crippen LogP contribution is 2.29. The molecule has 1 heterocycles. The third-order valence-corrected chi connectivity index (χ3v) is 4.42. The van der Waals surface area contributed by atoms with Crippen LogP contribution in [0.15, 0.2) is 34.6 Å². The molecule has 0 saturated heterocycles. The van der Waals surface area contributed by atoms with Crippen LogP contribution in [-0.2, 0) is 19.1 Å². The van der Waals surface area contributed by atoms with E-state index in [0.717, 1.165) is 35.3 Å². The predicted octanol–water partition coefficient (Wildman–Crippen LogP) is 3.47. The van der Waals surface area contributed by atoms with Gasteiger partial charge in [-0.15, -0.1) is 11.3 Å². The van der Waals surface area contributed by atoms with Gasteiger partial charge in [0, 0.05) is 19.0 Å². The second-order valence-electron chi connectivity index (χ2n) is 5.43. The van der Waals surface area contributed by atoms with Crippen molar-refractivity contribution in [3.8, 4) is 5.75 Å². The molecule has 1 aromatic carbocycles. The molecule has 5 nitrogen and oxygen atoms in total. The summed E-state index contributed by atoms with van der Waals surface area (Å²) in [5, 5.41) is 7.48. The first-order valence-electron chi connectivity index (χ1n) is 8.01. The second-order valence-corrected chi connectivity index (χ2v) is 6.37. The largest absolute Gasteiger partial charge is 0.497 e. The SMILES string of the molecule is CN=C(NCCCc1ccc(OC)cc1)NCc1nc(C(F)(F)F)cs1. The van der Waals surface area contributed by atoms with Gasteiger partial charge < -0.3 is 15.4 Å². The molecule has 1 aromatic heterocycles. The van der Waals surface area contributed by atoms with Crippen molar-refractivity contribution in [2.24, 2.45) is 4.99 Å². The number of benzene rings is 1. The molecule has 0 unspecified atom stereocenters. The molecule has 9 heteroatoms. The average molecular weight is 386 g/mol. The smallest absolute Gasteiger partial charge is 0.434 e. The van der Waals surface area contributed by atoms with Crippen molar-refractivity contribution >= 4 is 17.3 Å². The minimum atomic E-state index is -4.41. The van der Waals surface area contributed by atoms with E-state index < -0.39 is 11.9 Å². The van der Waals surface area contributed by atoms with Crippen molar-refractivity contribution in [3.63, 3.8) is 0 Å². The van der Waals surface area contributed by atoms with E-state index in [-0.39, 0.29) is 6.54 Å². The number of ether oxygens (including phenoxy) is 1. The number of aryl methyl sites for hydroxylation is 1. The van der Waals surface area contributed by atoms with Gasteiger partial charge in [0.25, 0.3) is 0 Å². The topological polar surface area (TPSA) is 58.5 Å². The molecule has 0 spiro atoms. The minimum absolute atomic E-state index is 0.193. The Hall–Kier alpha value is -2.29. The molecule has 0 aliphatic rings. The molecule has 0 amide bonds. The maximum atomic E-state index is 12.5. The summed E-state index contributed by atoms with van der Waals surface area (Å²) in [5.74, 6) is 1.36. The number of aromatic nitrogens is 1. The zero-order valence-electron chi connectivity index (χ0n) is 14.6. The van der Waals surface area contributed by atoms with Crippen molar-refractivity contribution in [2.45, 2.75) is 25.6 Å². The fraction of sp³-hybridized carbons (Fsp3) is 0.412. The summed E-state index contributed by atoms with van der Waals surface area (Å²) in [4.78, 5) is 7.63. The molecule has 0 atom stereocenters. The summed E-state index contributed by atoms with van der Waals surface area (Å²) in [6.45, 7) is 0.885. The summed E-state index contributed by atoms with van der Waals surface area (Å²) in [6.07, 6.45) is -2.62. The molecule has 26 heavy (non-hydrogen) atoms. The average Bonchev–Trinajstić information content (AvgIpc) is 3.11. The van der Waals surface area contributed by atoms with Gasteiger partial charge in [0.2, 0.25) is 0 Å². The molecular formula is C17H21F3N4OS. The van der Waals surface area contributed by atoms with E-state index in [9.17, 15) is 13.2 Å². The zero-order valence-corrected chi connectivity index (χ0v) is 15.4. The van der Waals surface area contributed by atoms with Gasteiger partial charge in [0.1, 0.15) is 10.8 Å². The predicted molar refractivity (Wildman–Crippen MR) is 96.6 cm³/mol. The summed E-state index contributed by atoms with van der Waals surface area (Å²) in [6, 6.07) is 7.89. The first-order chi connectivity index (χ1) is 12.4. The van der Waals surface area contributed by atoms with E-state index in [1.54, 1.807) is 14.2 Å². The molecule has 0 bridgehead atoms. The Morgan fingerprint density at radius 3 is 2.54 bits per heavy atom. The van der Waals surface area contributed by atoms with E-state index in [2.05, 4.69) is 20.6 Å². The lowest BCUT2D eigenvalue weighted by molar-refractivity contribution is -0.140. The molecule has 0 aliphatic carbocycles. The van der Waals surface area contributed by atoms with Crippen LogP contribution in [0.25, 0.3) is 0 Å². The van der Waals surface area contributed by atoms with Crippen molar-refractivity contribution in [3.05, 3.63) is 45.9 Å². The Morgan fingerprint density at radius 2 is 1.96 bits per heavy atom. The maximum Gasteiger partial charge on any atom is 0.434 e. The molecule has 0 radical (unpaired) electrons. The highest BCUT2D eigenvalue weighted by Gasteiger charge is 2.33. The molecule has 2 N–H and O–H groups in total. The van der Waals surface area contributed by atoms with Gasteiger partial charge in [-0.05, 0) is 30.5 Å². The number of aliphatic imine (C=N–C) groups is 1. The number of methoxy groups -OCH3 is 1. The molecule has 2 rings (SSSR count). The Kier molecular flexibility index (Phi) is 7.26. The lowest BCUT2D eigenvalue weighted by Gasteiger charge is -2.11. The van der Waals surface area contributed by atoms with Crippen LogP contribution in [0.3, 0.4) is 0 Å². The summed E-state index contributed by atoms with van der Waals surface area (Å²) < 4.78 is 42.7. The van der Waals surface area contributed by atoms with Crippen LogP contribution in [-0.4, -0.2) is 31.6 Å². The van der Waals surface area contributed by atoms with Crippen LogP contribution < -0.4 is 15.4 Å². The van der Waals surface area contributed by atoms with Gasteiger partial charge in [-0.1, -0.05) is 12.1 Å². The Balaban J connectivity index is 1.71. The molecule has 0 aliphatic heterocycles. The zero-order chi connectivity index (χ0) is 19.0. The number of nitrogens with one attached hydrogen (secondary N) is 2. The summed E-state index contributed by atoms with van der Waals surface area (Å²) in [7, 11) is 3.25. The molecular weight excluding hydrogens is 365 g/mol. The lowest BCUT2D eigenvalue weighted by atomic mass is 10.1. The standard InChI is InChI=1S/C17H21F3N4OS/c1-21-16(23-10-15-24-14(11-26-15)17(18,19)20)22-9-3-4-12-5-7-13(25-2)8-6-12/h5-8,11H,3-4,9-10H2,1-2H3,(H2,21,22,23). The van der Waals surface area contributed by atoms with Crippen LogP contribution in [0.1, 0.15) is 22.7 Å². The van der Waals surface area contributed by atoms with E-state index in [1.165, 1.54) is 5.56 Å². The van der Waals surface area contributed by atoms with Crippen molar-refractivity contribution in [2.75, 3.05) is 20.7 Å². The Labute approximate surface area is 154 Å². The maximum absolute atomic E-state index is 12.5. The number of halogens is 3. The van der Waals surface area contributed by atoms with E-state index >= 15 is 0 Å². The fourth-order valence-electron chi connectivity index (χ4n) is 2.19. The Morgan fingerprint density at radius 1 is 1.23 bits per heavy atom. The quantitative estimate of drug-likeness (QED) is 0.435. The van der Waals surface area contributed by atoms with Crippen LogP contribution in [0.5, 0.6) is 5.75 Å². The number of rotatable bonds is 7. The summed E-state index contributed by atoms with van der Waals surface area (Å²) in [5.41, 5.74) is 0.347. The van der Waals surface area contributed by atoms with Crippen LogP contribution in [0.2, 0.25) is 0 Å². The van der Waals surface area contributed by atoms with Gasteiger partial charge >= 0.3 is 6.18 Å². The second kappa shape index (κ2) is 9.42. The van der Waals surface area contributed by atoms with Crippen molar-refractivity contribution in [1.29, 1.82) is 0 Å². The Bertz CT molecular complexity index is 714. The number of alkyl halides is 3. The third kappa shape index (κ3) is 6.21. The molecule has 142 valence electrons. The van der Waals surface area contributed by atoms with Gasteiger partial charge in [0.05, 0.1) is 13.7 Å². The lowest BCUT2D eigenvalue weighted by Crippen LogP contribution is -2.37. The van der Waals surface area contributed by atoms with Crippen LogP contribution in [0, 0.1) is 0 Å². The van der Waals surface area contributed by atoms with E-state index in [4.69, 9.17) is 4.74 Å². The minimum Gasteiger partial charge on any atom is -0.497 e. The van der Waals surface area contributed by atoms with Gasteiger partial charge in [-0.2, -0.15) is 13.2 Å². The van der Waals surface area contributed by atoms with Crippen molar-refractivity contribution in [1.82, 2.24) is 15.6 Å². The van der Waals surface area contributed by atoms with Crippen LogP contribution in [0.4, 0.5) is 13.2 Å². The summed E-state index contributed by atoms with van der Waals surface area (Å²) >= 11 is 0.971. The van der Waals surface area contributed by atoms with Crippen molar-refractivity contribution < 1.29 is 17.9 Å². The third-order valence-electron chi connectivity index (χ3n) is 3.57. The van der Waals surface area contributed by atoms with E-state index in [1.807, 2.05) is 24.3 Å². The number of nitrogens with zero attached hydrogens (tertiary/aromatic N) is 2. The van der Waals surface area contributed by atoms with E-state index in [0.29, 0.717) is 17.5 Å². The monoisotopic (exact) mass is 386 g/mol. The number of guanidine groups is 1. The molecule has 0 fully saturated rings. The highest BCUT2D eigenvalue weighted by atomic mass is 32.1. The number of hydrogen-bond donors (Lipinski definition) is 2. The van der Waals surface area contributed by atoms with Crippen LogP contribution >= 0.6 is 11.3 Å². The van der Waals surface area contributed by atoms with Gasteiger partial charge in [0.15, 0.2) is 11.7 Å². The highest BCUT2D eigenvalue weighted by molar-refractivity contribution is 7.09. The van der Waals surface area contributed by atoms with Gasteiger partial charge in [-0.3, -0.25) is 4.99 Å². The first-order valence-corrected chi connectivity index (χ1v) is 8.89. The first kappa shape index (κ1) is 20.0.